The van der Waals surface area contributed by atoms with Crippen LogP contribution in [-0.4, -0.2) is 62.7 Å². The molecule has 162 valence electrons. The van der Waals surface area contributed by atoms with Crippen molar-refractivity contribution in [3.63, 3.8) is 0 Å². The van der Waals surface area contributed by atoms with Gasteiger partial charge in [0.25, 0.3) is 11.8 Å². The van der Waals surface area contributed by atoms with Crippen LogP contribution in [-0.2, 0) is 6.42 Å². The second-order valence-electron chi connectivity index (χ2n) is 7.90. The Kier molecular flexibility index (Phi) is 5.45. The first-order valence-corrected chi connectivity index (χ1v) is 11.4. The zero-order chi connectivity index (χ0) is 22.1. The third-order valence-corrected chi connectivity index (χ3v) is 6.90. The van der Waals surface area contributed by atoms with Gasteiger partial charge in [-0.1, -0.05) is 30.3 Å². The number of nitrogens with one attached hydrogen (secondary N) is 1. The fraction of sp³-hybridized carbons (Fsp3) is 0.250. The van der Waals surface area contributed by atoms with Gasteiger partial charge >= 0.3 is 0 Å². The highest BCUT2D eigenvalue weighted by atomic mass is 32.1. The van der Waals surface area contributed by atoms with Gasteiger partial charge < -0.3 is 14.8 Å². The second kappa shape index (κ2) is 8.55. The summed E-state index contributed by atoms with van der Waals surface area (Å²) >= 11 is 1.47. The number of hydrogen-bond acceptors (Lipinski definition) is 5. The Balaban J connectivity index is 1.23. The number of carbonyl (C=O) groups is 2. The number of hydrogen-bond donors (Lipinski definition) is 1. The number of aromatic nitrogens is 3. The molecule has 0 unspecified atom stereocenters. The van der Waals surface area contributed by atoms with Crippen LogP contribution in [0.1, 0.15) is 36.3 Å². The Morgan fingerprint density at radius 1 is 1.00 bits per heavy atom. The maximum atomic E-state index is 13.1. The van der Waals surface area contributed by atoms with Gasteiger partial charge in [-0.2, -0.15) is 0 Å². The molecule has 4 aromatic rings. The van der Waals surface area contributed by atoms with Crippen LogP contribution in [0.25, 0.3) is 11.0 Å². The maximum Gasteiger partial charge on any atom is 0.265 e. The molecule has 5 rings (SSSR count). The monoisotopic (exact) mass is 445 g/mol. The summed E-state index contributed by atoms with van der Waals surface area (Å²) in [4.78, 5) is 42.2. The first kappa shape index (κ1) is 20.4. The highest BCUT2D eigenvalue weighted by Crippen LogP contribution is 2.23. The number of aryl methyl sites for hydroxylation is 1. The first-order chi connectivity index (χ1) is 15.6. The molecule has 0 bridgehead atoms. The van der Waals surface area contributed by atoms with Gasteiger partial charge in [0.15, 0.2) is 0 Å². The number of piperazine rings is 1. The van der Waals surface area contributed by atoms with Crippen LogP contribution in [0.15, 0.2) is 54.9 Å². The Morgan fingerprint density at radius 3 is 2.47 bits per heavy atom. The number of amides is 2. The van der Waals surface area contributed by atoms with Crippen LogP contribution >= 0.6 is 11.3 Å². The molecule has 0 spiro atoms. The summed E-state index contributed by atoms with van der Waals surface area (Å²) in [5.74, 6) is -0.0157. The Labute approximate surface area is 189 Å². The lowest BCUT2D eigenvalue weighted by Gasteiger charge is -2.34. The number of thiazole rings is 1. The van der Waals surface area contributed by atoms with Gasteiger partial charge in [-0.25, -0.2) is 9.97 Å². The van der Waals surface area contributed by atoms with Gasteiger partial charge in [0.05, 0.1) is 28.1 Å². The molecule has 3 heterocycles. The van der Waals surface area contributed by atoms with Crippen molar-refractivity contribution in [1.29, 1.82) is 0 Å². The minimum Gasteiger partial charge on any atom is -0.345 e. The average molecular weight is 446 g/mol. The van der Waals surface area contributed by atoms with Crippen LogP contribution in [0.5, 0.6) is 0 Å². The molecule has 0 aliphatic carbocycles. The SMILES string of the molecule is Cc1nc(Cc2ccccc2)sc1C(=O)N1CCN(C(=O)c2ccc3nc[nH]c3c2)CC1. The first-order valence-electron chi connectivity index (χ1n) is 10.6. The van der Waals surface area contributed by atoms with Crippen LogP contribution in [0.2, 0.25) is 0 Å². The van der Waals surface area contributed by atoms with Crippen LogP contribution in [0, 0.1) is 6.92 Å². The van der Waals surface area contributed by atoms with E-state index >= 15 is 0 Å². The normalized spacial score (nSPS) is 14.2. The highest BCUT2D eigenvalue weighted by Gasteiger charge is 2.28. The van der Waals surface area contributed by atoms with E-state index < -0.39 is 0 Å². The second-order valence-corrected chi connectivity index (χ2v) is 8.99. The topological polar surface area (TPSA) is 82.2 Å². The van der Waals surface area contributed by atoms with E-state index in [2.05, 4.69) is 27.1 Å². The molecule has 1 fully saturated rings. The van der Waals surface area contributed by atoms with E-state index in [0.29, 0.717) is 36.6 Å². The van der Waals surface area contributed by atoms with Crippen molar-refractivity contribution in [3.05, 3.63) is 81.6 Å². The lowest BCUT2D eigenvalue weighted by atomic mass is 10.1. The summed E-state index contributed by atoms with van der Waals surface area (Å²) < 4.78 is 0. The largest absolute Gasteiger partial charge is 0.345 e. The van der Waals surface area contributed by atoms with Gasteiger partial charge in [-0.15, -0.1) is 11.3 Å². The van der Waals surface area contributed by atoms with E-state index in [4.69, 9.17) is 0 Å². The van der Waals surface area contributed by atoms with Crippen LogP contribution < -0.4 is 0 Å². The molecule has 32 heavy (non-hydrogen) atoms. The summed E-state index contributed by atoms with van der Waals surface area (Å²) in [5.41, 5.74) is 4.27. The highest BCUT2D eigenvalue weighted by molar-refractivity contribution is 7.13. The summed E-state index contributed by atoms with van der Waals surface area (Å²) in [6, 6.07) is 15.6. The zero-order valence-electron chi connectivity index (χ0n) is 17.7. The number of nitrogens with zero attached hydrogens (tertiary/aromatic N) is 4. The van der Waals surface area contributed by atoms with Crippen molar-refractivity contribution < 1.29 is 9.59 Å². The van der Waals surface area contributed by atoms with E-state index in [-0.39, 0.29) is 11.8 Å². The average Bonchev–Trinajstić information content (AvgIpc) is 3.44. The zero-order valence-corrected chi connectivity index (χ0v) is 18.6. The van der Waals surface area contributed by atoms with Gasteiger partial charge in [-0.05, 0) is 30.7 Å². The minimum absolute atomic E-state index is 0.00490. The van der Waals surface area contributed by atoms with E-state index in [9.17, 15) is 9.59 Å². The maximum absolute atomic E-state index is 13.1. The van der Waals surface area contributed by atoms with Crippen LogP contribution in [0.3, 0.4) is 0 Å². The molecule has 2 aromatic heterocycles. The number of imidazole rings is 1. The van der Waals surface area contributed by atoms with E-state index in [1.807, 2.05) is 47.1 Å². The molecule has 1 aliphatic rings. The fourth-order valence-electron chi connectivity index (χ4n) is 4.00. The summed E-state index contributed by atoms with van der Waals surface area (Å²) in [5, 5.41) is 0.945. The van der Waals surface area contributed by atoms with Crippen molar-refractivity contribution >= 4 is 34.2 Å². The summed E-state index contributed by atoms with van der Waals surface area (Å²) in [6.07, 6.45) is 2.35. The summed E-state index contributed by atoms with van der Waals surface area (Å²) in [6.45, 7) is 3.95. The number of fused-ring (bicyclic) bond motifs is 1. The molecule has 7 nitrogen and oxygen atoms in total. The molecule has 0 radical (unpaired) electrons. The predicted octanol–water partition coefficient (Wildman–Crippen LogP) is 3.52. The minimum atomic E-state index is -0.0206. The lowest BCUT2D eigenvalue weighted by molar-refractivity contribution is 0.0537. The van der Waals surface area contributed by atoms with Crippen molar-refractivity contribution in [2.45, 2.75) is 13.3 Å². The van der Waals surface area contributed by atoms with Gasteiger partial charge in [0, 0.05) is 38.2 Å². The van der Waals surface area contributed by atoms with E-state index in [1.54, 1.807) is 12.4 Å². The smallest absolute Gasteiger partial charge is 0.265 e. The van der Waals surface area contributed by atoms with Crippen molar-refractivity contribution in [3.8, 4) is 0 Å². The third-order valence-electron chi connectivity index (χ3n) is 5.75. The number of H-pyrrole nitrogens is 1. The fourth-order valence-corrected chi connectivity index (χ4v) is 5.07. The lowest BCUT2D eigenvalue weighted by Crippen LogP contribution is -2.50. The third kappa shape index (κ3) is 4.01. The number of rotatable bonds is 4. The van der Waals surface area contributed by atoms with Crippen molar-refractivity contribution in [2.24, 2.45) is 0 Å². The molecule has 2 amide bonds. The number of benzene rings is 2. The molecule has 1 N–H and O–H groups in total. The van der Waals surface area contributed by atoms with Gasteiger partial charge in [-0.3, -0.25) is 9.59 Å². The summed E-state index contributed by atoms with van der Waals surface area (Å²) in [7, 11) is 0. The predicted molar refractivity (Wildman–Crippen MR) is 124 cm³/mol. The van der Waals surface area contributed by atoms with Crippen LogP contribution in [0.4, 0.5) is 0 Å². The van der Waals surface area contributed by atoms with Gasteiger partial charge in [0.2, 0.25) is 0 Å². The number of carbonyl (C=O) groups excluding carboxylic acids is 2. The molecule has 8 heteroatoms. The number of aromatic amines is 1. The standard InChI is InChI=1S/C24H23N5O2S/c1-16-22(32-21(27-16)13-17-5-3-2-4-6-17)24(31)29-11-9-28(10-12-29)23(30)18-7-8-19-20(14-18)26-15-25-19/h2-8,14-15H,9-13H2,1H3,(H,25,26). The van der Waals surface area contributed by atoms with Gasteiger partial charge in [0.1, 0.15) is 4.88 Å². The van der Waals surface area contributed by atoms with Crippen molar-refractivity contribution in [2.75, 3.05) is 26.2 Å². The Hall–Kier alpha value is -3.52. The van der Waals surface area contributed by atoms with E-state index in [0.717, 1.165) is 28.2 Å². The molecular weight excluding hydrogens is 422 g/mol. The molecule has 0 atom stereocenters. The molecular formula is C24H23N5O2S. The molecule has 1 saturated heterocycles. The molecule has 1 aliphatic heterocycles. The quantitative estimate of drug-likeness (QED) is 0.521. The Bertz CT molecular complexity index is 1270. The molecule has 2 aromatic carbocycles. The Morgan fingerprint density at radius 2 is 1.72 bits per heavy atom. The molecule has 0 saturated carbocycles. The van der Waals surface area contributed by atoms with Crippen molar-refractivity contribution in [1.82, 2.24) is 24.8 Å². The van der Waals surface area contributed by atoms with E-state index in [1.165, 1.54) is 16.9 Å².